The van der Waals surface area contributed by atoms with Gasteiger partial charge in [0.05, 0.1) is 24.0 Å². The van der Waals surface area contributed by atoms with Crippen LogP contribution in [-0.4, -0.2) is 13.1 Å². The molecule has 1 heterocycles. The minimum atomic E-state index is -4.93. The Labute approximate surface area is 162 Å². The second-order valence-corrected chi connectivity index (χ2v) is 6.69. The molecule has 150 valence electrons. The lowest BCUT2D eigenvalue weighted by atomic mass is 10.0. The van der Waals surface area contributed by atoms with E-state index in [2.05, 4.69) is 0 Å². The summed E-state index contributed by atoms with van der Waals surface area (Å²) in [5.74, 6) is -1.94. The number of carbonyl (C=O) groups is 1. The molecule has 0 bridgehead atoms. The van der Waals surface area contributed by atoms with Gasteiger partial charge in [-0.2, -0.15) is 13.2 Å². The molecule has 4 rings (SSSR count). The number of methoxy groups -OCH3 is 1. The van der Waals surface area contributed by atoms with Gasteiger partial charge in [0, 0.05) is 11.6 Å². The van der Waals surface area contributed by atoms with E-state index < -0.39 is 28.9 Å². The first-order valence-electron chi connectivity index (χ1n) is 8.82. The first kappa shape index (κ1) is 19.0. The fourth-order valence-electron chi connectivity index (χ4n) is 3.05. The summed E-state index contributed by atoms with van der Waals surface area (Å²) in [5.41, 5.74) is -1.84. The van der Waals surface area contributed by atoms with Crippen LogP contribution in [0.25, 0.3) is 22.1 Å². The van der Waals surface area contributed by atoms with Gasteiger partial charge in [-0.1, -0.05) is 18.2 Å². The van der Waals surface area contributed by atoms with Crippen molar-refractivity contribution in [3.05, 3.63) is 58.4 Å². The van der Waals surface area contributed by atoms with E-state index in [9.17, 15) is 22.8 Å². The van der Waals surface area contributed by atoms with Gasteiger partial charge in [0.1, 0.15) is 17.1 Å². The number of halogens is 3. The Morgan fingerprint density at radius 1 is 1.14 bits per heavy atom. The summed E-state index contributed by atoms with van der Waals surface area (Å²) in [7, 11) is 1.30. The van der Waals surface area contributed by atoms with Gasteiger partial charge >= 0.3 is 12.1 Å². The van der Waals surface area contributed by atoms with E-state index in [4.69, 9.17) is 13.9 Å². The highest BCUT2D eigenvalue weighted by atomic mass is 19.4. The van der Waals surface area contributed by atoms with Crippen LogP contribution in [0.4, 0.5) is 13.2 Å². The van der Waals surface area contributed by atoms with Crippen molar-refractivity contribution in [2.24, 2.45) is 5.92 Å². The number of ether oxygens (including phenoxy) is 2. The first-order chi connectivity index (χ1) is 13.8. The van der Waals surface area contributed by atoms with E-state index in [0.29, 0.717) is 0 Å². The molecule has 0 radical (unpaired) electrons. The number of alkyl halides is 3. The second kappa shape index (κ2) is 6.95. The van der Waals surface area contributed by atoms with Crippen LogP contribution in [-0.2, 0) is 11.0 Å². The summed E-state index contributed by atoms with van der Waals surface area (Å²) in [4.78, 5) is 24.8. The van der Waals surface area contributed by atoms with Crippen LogP contribution in [0.1, 0.15) is 18.6 Å². The highest BCUT2D eigenvalue weighted by molar-refractivity contribution is 5.86. The maximum atomic E-state index is 13.7. The molecule has 0 atom stereocenters. The second-order valence-electron chi connectivity index (χ2n) is 6.69. The van der Waals surface area contributed by atoms with Gasteiger partial charge < -0.3 is 13.9 Å². The molecule has 1 aromatic heterocycles. The molecule has 5 nitrogen and oxygen atoms in total. The number of esters is 1. The van der Waals surface area contributed by atoms with Crippen LogP contribution in [0.5, 0.6) is 11.5 Å². The summed E-state index contributed by atoms with van der Waals surface area (Å²) < 4.78 is 56.6. The molecule has 0 amide bonds. The Morgan fingerprint density at radius 3 is 2.52 bits per heavy atom. The van der Waals surface area contributed by atoms with Crippen molar-refractivity contribution in [1.29, 1.82) is 0 Å². The zero-order valence-corrected chi connectivity index (χ0v) is 15.2. The molecule has 0 saturated heterocycles. The predicted octanol–water partition coefficient (Wildman–Crippen LogP) is 4.80. The number of benzene rings is 2. The summed E-state index contributed by atoms with van der Waals surface area (Å²) in [6, 6.07) is 9.67. The summed E-state index contributed by atoms with van der Waals surface area (Å²) in [6.07, 6.45) is -3.48. The third kappa shape index (κ3) is 3.57. The Hall–Kier alpha value is -3.29. The lowest BCUT2D eigenvalue weighted by molar-refractivity contribution is -0.152. The van der Waals surface area contributed by atoms with E-state index in [1.807, 2.05) is 0 Å². The van der Waals surface area contributed by atoms with Crippen molar-refractivity contribution in [1.82, 2.24) is 0 Å². The molecule has 1 aliphatic carbocycles. The van der Waals surface area contributed by atoms with Crippen LogP contribution in [0.2, 0.25) is 0 Å². The normalized spacial score (nSPS) is 14.1. The molecule has 0 aliphatic heterocycles. The summed E-state index contributed by atoms with van der Waals surface area (Å²) >= 11 is 0. The predicted molar refractivity (Wildman–Crippen MR) is 97.8 cm³/mol. The van der Waals surface area contributed by atoms with Gasteiger partial charge in [-0.05, 0) is 31.0 Å². The van der Waals surface area contributed by atoms with Crippen LogP contribution in [0, 0.1) is 5.92 Å². The molecule has 0 N–H and O–H groups in total. The zero-order valence-electron chi connectivity index (χ0n) is 15.2. The topological polar surface area (TPSA) is 65.7 Å². The fraction of sp³-hybridized carbons (Fsp3) is 0.238. The molecular formula is C21H15F3O5. The maximum Gasteiger partial charge on any atom is 0.450 e. The largest absolute Gasteiger partial charge is 0.496 e. The van der Waals surface area contributed by atoms with E-state index in [1.165, 1.54) is 37.4 Å². The Bertz CT molecular complexity index is 1160. The minimum Gasteiger partial charge on any atom is -0.496 e. The molecule has 29 heavy (non-hydrogen) atoms. The standard InChI is InChI=1S/C21H15F3O5/c1-27-15-5-3-2-4-13(15)17-18(25)14-9-8-12(28-20(26)11-6-7-11)10-16(14)29-19(17)21(22,23)24/h2-5,8-11H,6-7H2,1H3. The van der Waals surface area contributed by atoms with Gasteiger partial charge in [-0.25, -0.2) is 0 Å². The molecule has 1 fully saturated rings. The van der Waals surface area contributed by atoms with Crippen LogP contribution < -0.4 is 14.9 Å². The maximum absolute atomic E-state index is 13.7. The average Bonchev–Trinajstić information content (AvgIpc) is 3.52. The number of para-hydroxylation sites is 1. The molecule has 1 aliphatic rings. The van der Waals surface area contributed by atoms with E-state index >= 15 is 0 Å². The number of hydrogen-bond donors (Lipinski definition) is 0. The molecule has 3 aromatic rings. The smallest absolute Gasteiger partial charge is 0.450 e. The zero-order chi connectivity index (χ0) is 20.8. The van der Waals surface area contributed by atoms with E-state index in [-0.39, 0.29) is 33.9 Å². The van der Waals surface area contributed by atoms with Crippen LogP contribution in [0.3, 0.4) is 0 Å². The van der Waals surface area contributed by atoms with Crippen molar-refractivity contribution in [3.8, 4) is 22.6 Å². The SMILES string of the molecule is COc1ccccc1-c1c(C(F)(F)F)oc2cc(OC(=O)C3CC3)ccc2c1=O. The molecule has 1 saturated carbocycles. The van der Waals surface area contributed by atoms with Gasteiger partial charge in [0.2, 0.25) is 11.2 Å². The van der Waals surface area contributed by atoms with E-state index in [0.717, 1.165) is 18.9 Å². The average molecular weight is 404 g/mol. The number of rotatable bonds is 4. The molecule has 8 heteroatoms. The van der Waals surface area contributed by atoms with Crippen molar-refractivity contribution in [2.45, 2.75) is 19.0 Å². The third-order valence-corrected chi connectivity index (χ3v) is 4.63. The van der Waals surface area contributed by atoms with Gasteiger partial charge in [-0.15, -0.1) is 0 Å². The van der Waals surface area contributed by atoms with E-state index in [1.54, 1.807) is 6.07 Å². The Balaban J connectivity index is 1.92. The molecule has 0 unspecified atom stereocenters. The number of carbonyl (C=O) groups excluding carboxylic acids is 1. The van der Waals surface area contributed by atoms with Gasteiger partial charge in [0.15, 0.2) is 0 Å². The summed E-state index contributed by atoms with van der Waals surface area (Å²) in [6.45, 7) is 0. The van der Waals surface area contributed by atoms with Crippen molar-refractivity contribution in [2.75, 3.05) is 7.11 Å². The van der Waals surface area contributed by atoms with Gasteiger partial charge in [0.25, 0.3) is 0 Å². The molecular weight excluding hydrogens is 389 g/mol. The highest BCUT2D eigenvalue weighted by Crippen LogP contribution is 2.40. The van der Waals surface area contributed by atoms with Crippen LogP contribution >= 0.6 is 0 Å². The fourth-order valence-corrected chi connectivity index (χ4v) is 3.05. The molecule has 0 spiro atoms. The first-order valence-corrected chi connectivity index (χ1v) is 8.82. The van der Waals surface area contributed by atoms with Crippen molar-refractivity contribution >= 4 is 16.9 Å². The Morgan fingerprint density at radius 2 is 1.86 bits per heavy atom. The van der Waals surface area contributed by atoms with Gasteiger partial charge in [-0.3, -0.25) is 9.59 Å². The minimum absolute atomic E-state index is 0.0238. The summed E-state index contributed by atoms with van der Waals surface area (Å²) in [5, 5.41) is -0.0647. The monoisotopic (exact) mass is 404 g/mol. The lowest BCUT2D eigenvalue weighted by Gasteiger charge is -2.15. The highest BCUT2D eigenvalue weighted by Gasteiger charge is 2.40. The van der Waals surface area contributed by atoms with Crippen LogP contribution in [0.15, 0.2) is 51.7 Å². The third-order valence-electron chi connectivity index (χ3n) is 4.63. The van der Waals surface area contributed by atoms with Crippen molar-refractivity contribution in [3.63, 3.8) is 0 Å². The number of fused-ring (bicyclic) bond motifs is 1. The van der Waals surface area contributed by atoms with Crippen molar-refractivity contribution < 1.29 is 31.9 Å². The number of hydrogen-bond acceptors (Lipinski definition) is 5. The molecule has 2 aromatic carbocycles. The quantitative estimate of drug-likeness (QED) is 0.462. The lowest BCUT2D eigenvalue weighted by Crippen LogP contribution is -2.16. The Kier molecular flexibility index (Phi) is 4.56.